The van der Waals surface area contributed by atoms with Crippen LogP contribution < -0.4 is 14.2 Å². The molecule has 0 aliphatic rings. The van der Waals surface area contributed by atoms with Gasteiger partial charge in [-0.3, -0.25) is 4.90 Å². The molecule has 1 atom stereocenters. The molecule has 1 N–H and O–H groups in total. The Kier molecular flexibility index (Phi) is 7.92. The number of hydrogen-bond donors (Lipinski definition) is 1. The summed E-state index contributed by atoms with van der Waals surface area (Å²) in [7, 11) is 3.58. The molecule has 0 amide bonds. The van der Waals surface area contributed by atoms with E-state index in [1.165, 1.54) is 0 Å². The minimum atomic E-state index is -0.603. The van der Waals surface area contributed by atoms with E-state index in [0.717, 1.165) is 34.1 Å². The maximum absolute atomic E-state index is 10.3. The fourth-order valence-electron chi connectivity index (χ4n) is 3.23. The molecule has 166 valence electrons. The maximum Gasteiger partial charge on any atom is 0.140 e. The number of benzene rings is 2. The lowest BCUT2D eigenvalue weighted by atomic mass is 10.2. The van der Waals surface area contributed by atoms with Crippen molar-refractivity contribution in [1.29, 1.82) is 0 Å². The van der Waals surface area contributed by atoms with Gasteiger partial charge in [0.1, 0.15) is 42.3 Å². The van der Waals surface area contributed by atoms with Gasteiger partial charge in [-0.2, -0.15) is 0 Å². The molecule has 1 heterocycles. The van der Waals surface area contributed by atoms with Crippen molar-refractivity contribution in [3.63, 3.8) is 0 Å². The van der Waals surface area contributed by atoms with Crippen LogP contribution in [0, 0.1) is 13.8 Å². The monoisotopic (exact) mass is 426 g/mol. The number of methoxy groups -OCH3 is 1. The van der Waals surface area contributed by atoms with E-state index in [1.54, 1.807) is 13.2 Å². The molecular weight excluding hydrogens is 396 g/mol. The average molecular weight is 427 g/mol. The second kappa shape index (κ2) is 10.8. The van der Waals surface area contributed by atoms with Crippen LogP contribution in [0.15, 0.2) is 53.1 Å². The van der Waals surface area contributed by atoms with Crippen LogP contribution in [0.3, 0.4) is 0 Å². The smallest absolute Gasteiger partial charge is 0.140 e. The predicted molar refractivity (Wildman–Crippen MR) is 118 cm³/mol. The van der Waals surface area contributed by atoms with E-state index in [9.17, 15) is 5.11 Å². The standard InChI is InChI=1S/C24H30N2O5/c1-17-24(18(2)31-25-17)16-30-21-10-8-19(9-11-21)13-26(3)14-20(27)15-29-23-7-5-6-22(12-23)28-4/h5-12,20,27H,13-16H2,1-4H3/t20-/m0/s1. The van der Waals surface area contributed by atoms with Crippen LogP contribution in [0.1, 0.15) is 22.6 Å². The van der Waals surface area contributed by atoms with Crippen molar-refractivity contribution in [2.24, 2.45) is 0 Å². The fourth-order valence-corrected chi connectivity index (χ4v) is 3.23. The highest BCUT2D eigenvalue weighted by atomic mass is 16.5. The van der Waals surface area contributed by atoms with Crippen LogP contribution in [0.2, 0.25) is 0 Å². The van der Waals surface area contributed by atoms with Gasteiger partial charge in [0, 0.05) is 19.2 Å². The highest BCUT2D eigenvalue weighted by Gasteiger charge is 2.11. The van der Waals surface area contributed by atoms with E-state index < -0.39 is 6.10 Å². The number of aliphatic hydroxyl groups is 1. The van der Waals surface area contributed by atoms with Crippen LogP contribution >= 0.6 is 0 Å². The van der Waals surface area contributed by atoms with Gasteiger partial charge in [-0.1, -0.05) is 23.4 Å². The molecule has 0 saturated carbocycles. The van der Waals surface area contributed by atoms with Crippen LogP contribution in [0.25, 0.3) is 0 Å². The molecule has 3 rings (SSSR count). The summed E-state index contributed by atoms with van der Waals surface area (Å²) >= 11 is 0. The van der Waals surface area contributed by atoms with Crippen molar-refractivity contribution in [1.82, 2.24) is 10.1 Å². The molecule has 0 saturated heterocycles. The molecule has 0 fully saturated rings. The van der Waals surface area contributed by atoms with E-state index >= 15 is 0 Å². The number of rotatable bonds is 11. The van der Waals surface area contributed by atoms with Crippen molar-refractivity contribution in [2.45, 2.75) is 33.1 Å². The molecule has 3 aromatic rings. The molecule has 31 heavy (non-hydrogen) atoms. The summed E-state index contributed by atoms with van der Waals surface area (Å²) in [5.74, 6) is 2.97. The Bertz CT molecular complexity index is 935. The number of hydrogen-bond acceptors (Lipinski definition) is 7. The summed E-state index contributed by atoms with van der Waals surface area (Å²) in [6, 6.07) is 15.3. The molecule has 0 aliphatic heterocycles. The zero-order valence-electron chi connectivity index (χ0n) is 18.5. The summed E-state index contributed by atoms with van der Waals surface area (Å²) in [5, 5.41) is 14.2. The number of ether oxygens (including phenoxy) is 3. The van der Waals surface area contributed by atoms with Crippen LogP contribution in [0.5, 0.6) is 17.2 Å². The van der Waals surface area contributed by atoms with Gasteiger partial charge in [0.2, 0.25) is 0 Å². The molecule has 0 spiro atoms. The van der Waals surface area contributed by atoms with Gasteiger partial charge in [0.05, 0.1) is 18.4 Å². The van der Waals surface area contributed by atoms with Crippen LogP contribution in [-0.4, -0.2) is 48.6 Å². The fraction of sp³-hybridized carbons (Fsp3) is 0.375. The van der Waals surface area contributed by atoms with E-state index in [0.29, 0.717) is 25.4 Å². The first-order valence-corrected chi connectivity index (χ1v) is 10.2. The molecule has 0 unspecified atom stereocenters. The quantitative estimate of drug-likeness (QED) is 0.500. The maximum atomic E-state index is 10.3. The highest BCUT2D eigenvalue weighted by molar-refractivity contribution is 5.33. The summed E-state index contributed by atoms with van der Waals surface area (Å²) in [5.41, 5.74) is 2.96. The van der Waals surface area contributed by atoms with E-state index in [4.69, 9.17) is 18.7 Å². The first kappa shape index (κ1) is 22.7. The molecule has 1 aromatic heterocycles. The van der Waals surface area contributed by atoms with Crippen molar-refractivity contribution in [3.8, 4) is 17.2 Å². The molecule has 0 aliphatic carbocycles. The van der Waals surface area contributed by atoms with Crippen molar-refractivity contribution >= 4 is 0 Å². The summed E-state index contributed by atoms with van der Waals surface area (Å²) in [4.78, 5) is 2.05. The Balaban J connectivity index is 1.42. The molecular formula is C24H30N2O5. The second-order valence-corrected chi connectivity index (χ2v) is 7.58. The first-order valence-electron chi connectivity index (χ1n) is 10.2. The first-order chi connectivity index (χ1) is 14.9. The Morgan fingerprint density at radius 2 is 1.77 bits per heavy atom. The lowest BCUT2D eigenvalue weighted by Crippen LogP contribution is -2.32. The minimum Gasteiger partial charge on any atom is -0.497 e. The summed E-state index contributed by atoms with van der Waals surface area (Å²) < 4.78 is 21.9. The number of aliphatic hydroxyl groups excluding tert-OH is 1. The number of aromatic nitrogens is 1. The van der Waals surface area contributed by atoms with Gasteiger partial charge in [-0.05, 0) is 50.7 Å². The molecule has 7 nitrogen and oxygen atoms in total. The third-order valence-corrected chi connectivity index (χ3v) is 4.95. The average Bonchev–Trinajstić information content (AvgIpc) is 3.09. The molecule has 7 heteroatoms. The molecule has 0 bridgehead atoms. The number of nitrogens with zero attached hydrogens (tertiary/aromatic N) is 2. The predicted octanol–water partition coefficient (Wildman–Crippen LogP) is 3.75. The zero-order chi connectivity index (χ0) is 22.2. The normalized spacial score (nSPS) is 12.1. The topological polar surface area (TPSA) is 77.2 Å². The Morgan fingerprint density at radius 1 is 1.03 bits per heavy atom. The summed E-state index contributed by atoms with van der Waals surface area (Å²) in [6.07, 6.45) is -0.603. The largest absolute Gasteiger partial charge is 0.497 e. The van der Waals surface area contributed by atoms with Crippen molar-refractivity contribution < 1.29 is 23.8 Å². The van der Waals surface area contributed by atoms with E-state index in [-0.39, 0.29) is 6.61 Å². The number of likely N-dealkylation sites (N-methyl/N-ethyl adjacent to an activating group) is 1. The van der Waals surface area contributed by atoms with Crippen molar-refractivity contribution in [3.05, 3.63) is 71.1 Å². The third kappa shape index (κ3) is 6.73. The zero-order valence-corrected chi connectivity index (χ0v) is 18.5. The van der Waals surface area contributed by atoms with Crippen LogP contribution in [0.4, 0.5) is 0 Å². The summed E-state index contributed by atoms with van der Waals surface area (Å²) in [6.45, 7) is 5.64. The van der Waals surface area contributed by atoms with Gasteiger partial charge >= 0.3 is 0 Å². The second-order valence-electron chi connectivity index (χ2n) is 7.58. The third-order valence-electron chi connectivity index (χ3n) is 4.95. The van der Waals surface area contributed by atoms with Gasteiger partial charge < -0.3 is 23.8 Å². The lowest BCUT2D eigenvalue weighted by Gasteiger charge is -2.21. The molecule has 0 radical (unpaired) electrons. The van der Waals surface area contributed by atoms with Crippen LogP contribution in [-0.2, 0) is 13.2 Å². The number of aryl methyl sites for hydroxylation is 2. The van der Waals surface area contributed by atoms with E-state index in [2.05, 4.69) is 10.1 Å². The lowest BCUT2D eigenvalue weighted by molar-refractivity contribution is 0.0743. The van der Waals surface area contributed by atoms with Crippen molar-refractivity contribution in [2.75, 3.05) is 27.3 Å². The molecule has 2 aromatic carbocycles. The Hall–Kier alpha value is -3.03. The Labute approximate surface area is 183 Å². The van der Waals surface area contributed by atoms with Gasteiger partial charge in [0.15, 0.2) is 0 Å². The SMILES string of the molecule is COc1cccc(OC[C@@H](O)CN(C)Cc2ccc(OCc3c(C)noc3C)cc2)c1. The van der Waals surface area contributed by atoms with E-state index in [1.807, 2.05) is 63.4 Å². The van der Waals surface area contributed by atoms with Gasteiger partial charge in [0.25, 0.3) is 0 Å². The minimum absolute atomic E-state index is 0.214. The van der Waals surface area contributed by atoms with Gasteiger partial charge in [-0.25, -0.2) is 0 Å². The Morgan fingerprint density at radius 3 is 2.45 bits per heavy atom. The van der Waals surface area contributed by atoms with Gasteiger partial charge in [-0.15, -0.1) is 0 Å². The highest BCUT2D eigenvalue weighted by Crippen LogP contribution is 2.20.